The number of imide groups is 1. The van der Waals surface area contributed by atoms with Crippen LogP contribution in [0.5, 0.6) is 0 Å². The Kier molecular flexibility index (Phi) is 5.68. The number of carbonyl (C=O) groups excluding carboxylic acids is 4. The van der Waals surface area contributed by atoms with E-state index in [1.165, 1.54) is 0 Å². The number of halogens is 1. The van der Waals surface area contributed by atoms with Crippen molar-refractivity contribution in [2.24, 2.45) is 5.92 Å². The van der Waals surface area contributed by atoms with Crippen LogP contribution in [-0.2, 0) is 24.5 Å². The van der Waals surface area contributed by atoms with Crippen LogP contribution in [-0.4, -0.2) is 41.0 Å². The van der Waals surface area contributed by atoms with Gasteiger partial charge in [-0.25, -0.2) is 4.79 Å². The summed E-state index contributed by atoms with van der Waals surface area (Å²) in [4.78, 5) is 50.2. The minimum absolute atomic E-state index is 0.458. The van der Waals surface area contributed by atoms with Gasteiger partial charge in [-0.1, -0.05) is 37.1 Å². The molecule has 31 heavy (non-hydrogen) atoms. The average molecular weight is 448 g/mol. The van der Waals surface area contributed by atoms with Gasteiger partial charge in [-0.3, -0.25) is 19.8 Å². The first-order valence-electron chi connectivity index (χ1n) is 10.7. The maximum absolute atomic E-state index is 12.8. The van der Waals surface area contributed by atoms with Gasteiger partial charge < -0.3 is 10.1 Å². The smallest absolute Gasteiger partial charge is 0.344 e. The lowest BCUT2D eigenvalue weighted by Crippen LogP contribution is -2.52. The van der Waals surface area contributed by atoms with Crippen molar-refractivity contribution in [2.75, 3.05) is 6.61 Å². The Labute approximate surface area is 185 Å². The Morgan fingerprint density at radius 3 is 2.39 bits per heavy atom. The number of nitrogens with one attached hydrogen (secondary N) is 2. The Balaban J connectivity index is 1.35. The van der Waals surface area contributed by atoms with E-state index in [-0.39, 0.29) is 0 Å². The molecule has 2 saturated carbocycles. The first-order chi connectivity index (χ1) is 14.8. The van der Waals surface area contributed by atoms with Crippen LogP contribution in [0.3, 0.4) is 0 Å². The number of rotatable bonds is 5. The molecule has 166 valence electrons. The minimum atomic E-state index is -0.946. The number of hydrogen-bond acceptors (Lipinski definition) is 5. The Bertz CT molecular complexity index is 904. The third-order valence-electron chi connectivity index (χ3n) is 6.86. The number of ether oxygens (including phenoxy) is 1. The highest BCUT2D eigenvalue weighted by molar-refractivity contribution is 6.30. The second kappa shape index (κ2) is 8.15. The maximum Gasteiger partial charge on any atom is 0.344 e. The van der Waals surface area contributed by atoms with Crippen molar-refractivity contribution in [3.63, 3.8) is 0 Å². The fourth-order valence-electron chi connectivity index (χ4n) is 4.65. The first kappa shape index (κ1) is 21.6. The summed E-state index contributed by atoms with van der Waals surface area (Å²) < 4.78 is 5.27. The van der Waals surface area contributed by atoms with Gasteiger partial charge in [0.15, 0.2) is 6.61 Å². The number of esters is 1. The van der Waals surface area contributed by atoms with Gasteiger partial charge >= 0.3 is 12.0 Å². The fourth-order valence-corrected chi connectivity index (χ4v) is 4.78. The third kappa shape index (κ3) is 3.89. The van der Waals surface area contributed by atoms with Gasteiger partial charge in [0.1, 0.15) is 5.54 Å². The second-order valence-corrected chi connectivity index (χ2v) is 9.33. The normalized spacial score (nSPS) is 26.9. The van der Waals surface area contributed by atoms with E-state index in [2.05, 4.69) is 17.7 Å². The van der Waals surface area contributed by atoms with Crippen LogP contribution >= 0.6 is 11.6 Å². The molecule has 3 fully saturated rings. The molecule has 1 spiro atoms. The Hall–Kier alpha value is -2.61. The molecule has 0 unspecified atom stereocenters. The number of carbonyl (C=O) groups is 4. The van der Waals surface area contributed by atoms with E-state index in [1.54, 1.807) is 24.3 Å². The molecule has 1 aromatic carbocycles. The molecule has 3 aliphatic rings. The molecular weight excluding hydrogens is 422 g/mol. The van der Waals surface area contributed by atoms with Gasteiger partial charge in [0, 0.05) is 5.02 Å². The molecule has 1 saturated heterocycles. The molecule has 0 radical (unpaired) electrons. The fraction of sp³-hybridized carbons (Fsp3) is 0.545. The third-order valence-corrected chi connectivity index (χ3v) is 7.11. The average Bonchev–Trinajstić information content (AvgIpc) is 2.93. The number of nitrogens with zero attached hydrogens (tertiary/aromatic N) is 1. The summed E-state index contributed by atoms with van der Waals surface area (Å²) in [7, 11) is 0. The maximum atomic E-state index is 12.8. The molecule has 0 bridgehead atoms. The Morgan fingerprint density at radius 2 is 1.81 bits per heavy atom. The van der Waals surface area contributed by atoms with Gasteiger partial charge in [0.25, 0.3) is 11.8 Å². The van der Waals surface area contributed by atoms with Gasteiger partial charge in [-0.05, 0) is 62.1 Å². The van der Waals surface area contributed by atoms with E-state index in [1.807, 2.05) is 0 Å². The molecule has 0 aromatic heterocycles. The predicted molar refractivity (Wildman–Crippen MR) is 112 cm³/mol. The van der Waals surface area contributed by atoms with Crippen molar-refractivity contribution in [3.05, 3.63) is 34.9 Å². The van der Waals surface area contributed by atoms with E-state index < -0.39 is 41.4 Å². The van der Waals surface area contributed by atoms with Gasteiger partial charge in [0.2, 0.25) is 0 Å². The molecular formula is C22H26ClN3O5. The molecule has 1 aliphatic heterocycles. The molecule has 2 N–H and O–H groups in total. The Morgan fingerprint density at radius 1 is 1.16 bits per heavy atom. The highest BCUT2D eigenvalue weighted by Crippen LogP contribution is 2.45. The summed E-state index contributed by atoms with van der Waals surface area (Å²) >= 11 is 5.94. The molecule has 9 heteroatoms. The molecule has 4 amide bonds. The first-order valence-corrected chi connectivity index (χ1v) is 11.0. The van der Waals surface area contributed by atoms with Gasteiger partial charge in [-0.2, -0.15) is 5.01 Å². The standard InChI is InChI=1S/C22H26ClN3O5/c1-14-7-11-22(12-8-14)18(28)26(20(30)24-22)25-17(27)13-31-19(29)21(9-2-10-21)15-3-5-16(23)6-4-15/h3-6,14H,2,7-13H2,1H3,(H,24,30)(H,25,27). The van der Waals surface area contributed by atoms with E-state index in [0.29, 0.717) is 41.6 Å². The molecule has 0 atom stereocenters. The number of benzene rings is 1. The summed E-state index contributed by atoms with van der Waals surface area (Å²) in [6.07, 6.45) is 4.89. The second-order valence-electron chi connectivity index (χ2n) is 8.89. The van der Waals surface area contributed by atoms with E-state index in [0.717, 1.165) is 24.8 Å². The highest BCUT2D eigenvalue weighted by Gasteiger charge is 2.53. The molecule has 8 nitrogen and oxygen atoms in total. The summed E-state index contributed by atoms with van der Waals surface area (Å²) in [5.74, 6) is -1.19. The highest BCUT2D eigenvalue weighted by atomic mass is 35.5. The zero-order chi connectivity index (χ0) is 22.2. The van der Waals surface area contributed by atoms with Crippen LogP contribution < -0.4 is 10.7 Å². The zero-order valence-electron chi connectivity index (χ0n) is 17.4. The van der Waals surface area contributed by atoms with E-state index in [4.69, 9.17) is 16.3 Å². The lowest BCUT2D eigenvalue weighted by molar-refractivity contribution is -0.158. The monoisotopic (exact) mass is 447 g/mol. The van der Waals surface area contributed by atoms with Crippen LogP contribution in [0.2, 0.25) is 5.02 Å². The van der Waals surface area contributed by atoms with E-state index >= 15 is 0 Å². The SMILES string of the molecule is CC1CCC2(CC1)NC(=O)N(NC(=O)COC(=O)C1(c3ccc(Cl)cc3)CCC1)C2=O. The van der Waals surface area contributed by atoms with Gasteiger partial charge in [-0.15, -0.1) is 0 Å². The van der Waals surface area contributed by atoms with Crippen LogP contribution in [0, 0.1) is 5.92 Å². The van der Waals surface area contributed by atoms with Crippen molar-refractivity contribution in [2.45, 2.75) is 62.8 Å². The van der Waals surface area contributed by atoms with Crippen LogP contribution in [0.25, 0.3) is 0 Å². The molecule has 1 heterocycles. The van der Waals surface area contributed by atoms with Crippen molar-refractivity contribution in [1.29, 1.82) is 0 Å². The molecule has 2 aliphatic carbocycles. The molecule has 4 rings (SSSR count). The van der Waals surface area contributed by atoms with E-state index in [9.17, 15) is 19.2 Å². The van der Waals surface area contributed by atoms with Crippen molar-refractivity contribution >= 4 is 35.4 Å². The zero-order valence-corrected chi connectivity index (χ0v) is 18.2. The van der Waals surface area contributed by atoms with Crippen LogP contribution in [0.4, 0.5) is 4.79 Å². The number of hydrazine groups is 1. The lowest BCUT2D eigenvalue weighted by atomic mass is 9.64. The quantitative estimate of drug-likeness (QED) is 0.533. The summed E-state index contributed by atoms with van der Waals surface area (Å²) in [6.45, 7) is 1.54. The van der Waals surface area contributed by atoms with Gasteiger partial charge in [0.05, 0.1) is 5.41 Å². The number of hydrogen-bond donors (Lipinski definition) is 2. The largest absolute Gasteiger partial charge is 0.455 e. The lowest BCUT2D eigenvalue weighted by Gasteiger charge is -2.39. The summed E-state index contributed by atoms with van der Waals surface area (Å²) in [5.41, 5.74) is 1.36. The predicted octanol–water partition coefficient (Wildman–Crippen LogP) is 2.84. The van der Waals surface area contributed by atoms with Crippen molar-refractivity contribution in [3.8, 4) is 0 Å². The number of urea groups is 1. The summed E-state index contributed by atoms with van der Waals surface area (Å²) in [5, 5.41) is 4.02. The van der Waals surface area contributed by atoms with Crippen molar-refractivity contribution < 1.29 is 23.9 Å². The topological polar surface area (TPSA) is 105 Å². The van der Waals surface area contributed by atoms with Crippen molar-refractivity contribution in [1.82, 2.24) is 15.8 Å². The summed E-state index contributed by atoms with van der Waals surface area (Å²) in [6, 6.07) is 6.37. The van der Waals surface area contributed by atoms with Crippen LogP contribution in [0.15, 0.2) is 24.3 Å². The van der Waals surface area contributed by atoms with Crippen LogP contribution in [0.1, 0.15) is 57.4 Å². The minimum Gasteiger partial charge on any atom is -0.455 e. The number of amides is 4. The molecule has 1 aromatic rings.